The number of rotatable bonds is 3. The Kier molecular flexibility index (Phi) is 3.11. The smallest absolute Gasteiger partial charge is 0.258 e. The number of morpholine rings is 1. The Balaban J connectivity index is 1.84. The molecule has 5 heteroatoms. The Morgan fingerprint density at radius 1 is 1.11 bits per heavy atom. The fourth-order valence-corrected chi connectivity index (χ4v) is 3.60. The zero-order valence-electron chi connectivity index (χ0n) is 10.5. The number of nitrogens with zero attached hydrogens (tertiary/aromatic N) is 1. The molecule has 3 unspecified atom stereocenters. The van der Waals surface area contributed by atoms with Crippen molar-refractivity contribution in [2.24, 2.45) is 11.7 Å². The fourth-order valence-electron chi connectivity index (χ4n) is 3.60. The van der Waals surface area contributed by atoms with Gasteiger partial charge in [-0.25, -0.2) is 0 Å². The molecule has 2 amide bonds. The summed E-state index contributed by atoms with van der Waals surface area (Å²) in [6.07, 6.45) is 5.07. The molecule has 2 saturated heterocycles. The van der Waals surface area contributed by atoms with E-state index in [0.29, 0.717) is 25.3 Å². The normalized spacial score (nSPS) is 34.4. The Morgan fingerprint density at radius 2 is 1.67 bits per heavy atom. The zero-order valence-corrected chi connectivity index (χ0v) is 10.5. The quantitative estimate of drug-likeness (QED) is 0.739. The van der Waals surface area contributed by atoms with Gasteiger partial charge in [0.15, 0.2) is 0 Å². The van der Waals surface area contributed by atoms with Crippen molar-refractivity contribution in [2.75, 3.05) is 6.54 Å². The van der Waals surface area contributed by atoms with Crippen LogP contribution in [0.25, 0.3) is 0 Å². The summed E-state index contributed by atoms with van der Waals surface area (Å²) in [5, 5.41) is 0. The van der Waals surface area contributed by atoms with Crippen molar-refractivity contribution in [3.05, 3.63) is 0 Å². The van der Waals surface area contributed by atoms with Gasteiger partial charge in [-0.3, -0.25) is 14.5 Å². The number of hydrogen-bond acceptors (Lipinski definition) is 4. The summed E-state index contributed by atoms with van der Waals surface area (Å²) in [7, 11) is 0. The van der Waals surface area contributed by atoms with Gasteiger partial charge in [0.05, 0.1) is 6.04 Å². The number of imide groups is 1. The number of nitrogens with two attached hydrogens (primary N) is 1. The Bertz CT molecular complexity index is 343. The first-order valence-corrected chi connectivity index (χ1v) is 6.95. The van der Waals surface area contributed by atoms with Gasteiger partial charge in [0.2, 0.25) is 0 Å². The maximum atomic E-state index is 12.3. The van der Waals surface area contributed by atoms with E-state index in [1.54, 1.807) is 0 Å². The monoisotopic (exact) mass is 252 g/mol. The lowest BCUT2D eigenvalue weighted by Gasteiger charge is -2.38. The first-order chi connectivity index (χ1) is 8.72. The molecule has 2 bridgehead atoms. The van der Waals surface area contributed by atoms with Crippen LogP contribution in [-0.2, 0) is 14.3 Å². The van der Waals surface area contributed by atoms with E-state index in [9.17, 15) is 9.59 Å². The van der Waals surface area contributed by atoms with Crippen LogP contribution in [0.3, 0.4) is 0 Å². The molecule has 5 nitrogen and oxygen atoms in total. The molecule has 0 aromatic heterocycles. The summed E-state index contributed by atoms with van der Waals surface area (Å²) >= 11 is 0. The highest BCUT2D eigenvalue weighted by Crippen LogP contribution is 2.35. The van der Waals surface area contributed by atoms with Crippen molar-refractivity contribution in [3.63, 3.8) is 0 Å². The molecule has 0 radical (unpaired) electrons. The molecule has 2 aliphatic heterocycles. The highest BCUT2D eigenvalue weighted by atomic mass is 16.5. The van der Waals surface area contributed by atoms with Crippen molar-refractivity contribution < 1.29 is 14.3 Å². The van der Waals surface area contributed by atoms with E-state index in [1.807, 2.05) is 0 Å². The van der Waals surface area contributed by atoms with Crippen LogP contribution < -0.4 is 5.73 Å². The number of hydrogen-bond donors (Lipinski definition) is 1. The number of amides is 2. The Hall–Kier alpha value is -0.940. The molecule has 3 fully saturated rings. The number of carbonyl (C=O) groups excluding carboxylic acids is 2. The summed E-state index contributed by atoms with van der Waals surface area (Å²) < 4.78 is 5.43. The third-order valence-corrected chi connectivity index (χ3v) is 4.56. The van der Waals surface area contributed by atoms with Gasteiger partial charge in [0, 0.05) is 6.54 Å². The molecule has 0 aromatic rings. The summed E-state index contributed by atoms with van der Waals surface area (Å²) in [6, 6.07) is -0.112. The molecular formula is C13H20N2O3. The van der Waals surface area contributed by atoms with Crippen LogP contribution in [0.4, 0.5) is 0 Å². The topological polar surface area (TPSA) is 72.6 Å². The first-order valence-electron chi connectivity index (χ1n) is 6.95. The number of carbonyl (C=O) groups is 2. The van der Waals surface area contributed by atoms with E-state index in [-0.39, 0.29) is 17.9 Å². The van der Waals surface area contributed by atoms with Gasteiger partial charge in [0.25, 0.3) is 11.8 Å². The van der Waals surface area contributed by atoms with E-state index in [1.165, 1.54) is 17.7 Å². The maximum Gasteiger partial charge on any atom is 0.258 e. The van der Waals surface area contributed by atoms with E-state index >= 15 is 0 Å². The van der Waals surface area contributed by atoms with Gasteiger partial charge in [-0.2, -0.15) is 0 Å². The average Bonchev–Trinajstić information content (AvgIpc) is 3.02. The van der Waals surface area contributed by atoms with Crippen LogP contribution in [0.1, 0.15) is 38.5 Å². The van der Waals surface area contributed by atoms with Crippen LogP contribution in [0.2, 0.25) is 0 Å². The Morgan fingerprint density at radius 3 is 2.17 bits per heavy atom. The van der Waals surface area contributed by atoms with Crippen molar-refractivity contribution in [2.45, 2.75) is 56.8 Å². The minimum atomic E-state index is -0.400. The summed E-state index contributed by atoms with van der Waals surface area (Å²) in [5.74, 6) is 0.0765. The molecule has 3 aliphatic rings. The van der Waals surface area contributed by atoms with Crippen LogP contribution in [0.5, 0.6) is 0 Å². The zero-order chi connectivity index (χ0) is 12.7. The van der Waals surface area contributed by atoms with Crippen molar-refractivity contribution in [3.8, 4) is 0 Å². The SMILES string of the molecule is NCC(C1CCCC1)N1C(=O)C2CCC(O2)C1=O. The van der Waals surface area contributed by atoms with Crippen LogP contribution >= 0.6 is 0 Å². The molecule has 1 saturated carbocycles. The number of fused-ring (bicyclic) bond motifs is 2. The highest BCUT2D eigenvalue weighted by Gasteiger charge is 2.49. The fraction of sp³-hybridized carbons (Fsp3) is 0.846. The molecule has 3 rings (SSSR count). The second-order valence-electron chi connectivity index (χ2n) is 5.58. The van der Waals surface area contributed by atoms with Crippen molar-refractivity contribution in [1.82, 2.24) is 4.90 Å². The minimum Gasteiger partial charge on any atom is -0.355 e. The molecule has 100 valence electrons. The van der Waals surface area contributed by atoms with Gasteiger partial charge >= 0.3 is 0 Å². The lowest BCUT2D eigenvalue weighted by atomic mass is 9.95. The second-order valence-corrected chi connectivity index (χ2v) is 5.58. The second kappa shape index (κ2) is 4.63. The summed E-state index contributed by atoms with van der Waals surface area (Å²) in [4.78, 5) is 26.0. The van der Waals surface area contributed by atoms with E-state index in [4.69, 9.17) is 10.5 Å². The predicted octanol–water partition coefficient (Wildman–Crippen LogP) is 0.420. The van der Waals surface area contributed by atoms with Gasteiger partial charge < -0.3 is 10.5 Å². The molecule has 0 spiro atoms. The van der Waals surface area contributed by atoms with Gasteiger partial charge in [-0.1, -0.05) is 12.8 Å². The standard InChI is InChI=1S/C13H20N2O3/c14-7-9(8-3-1-2-4-8)15-12(16)10-5-6-11(18-10)13(15)17/h8-11H,1-7,14H2. The van der Waals surface area contributed by atoms with E-state index < -0.39 is 12.2 Å². The molecule has 0 aromatic carbocycles. The lowest BCUT2D eigenvalue weighted by molar-refractivity contribution is -0.172. The molecular weight excluding hydrogens is 232 g/mol. The van der Waals surface area contributed by atoms with Gasteiger partial charge in [-0.15, -0.1) is 0 Å². The maximum absolute atomic E-state index is 12.3. The van der Waals surface area contributed by atoms with Crippen LogP contribution in [0.15, 0.2) is 0 Å². The summed E-state index contributed by atoms with van der Waals surface area (Å²) in [6.45, 7) is 0.377. The highest BCUT2D eigenvalue weighted by molar-refractivity contribution is 6.02. The number of likely N-dealkylation sites (tertiary alicyclic amines) is 1. The van der Waals surface area contributed by atoms with Gasteiger partial charge in [0.1, 0.15) is 12.2 Å². The molecule has 2 N–H and O–H groups in total. The molecule has 2 heterocycles. The Labute approximate surface area is 107 Å². The van der Waals surface area contributed by atoms with Crippen LogP contribution in [-0.4, -0.2) is 41.5 Å². The van der Waals surface area contributed by atoms with E-state index in [2.05, 4.69) is 0 Å². The summed E-state index contributed by atoms with van der Waals surface area (Å²) in [5.41, 5.74) is 5.83. The third-order valence-electron chi connectivity index (χ3n) is 4.56. The predicted molar refractivity (Wildman–Crippen MR) is 64.5 cm³/mol. The molecule has 3 atom stereocenters. The number of ether oxygens (including phenoxy) is 1. The van der Waals surface area contributed by atoms with Crippen LogP contribution in [0, 0.1) is 5.92 Å². The third kappa shape index (κ3) is 1.77. The van der Waals surface area contributed by atoms with E-state index in [0.717, 1.165) is 12.8 Å². The average molecular weight is 252 g/mol. The van der Waals surface area contributed by atoms with Crippen molar-refractivity contribution >= 4 is 11.8 Å². The first kappa shape index (κ1) is 12.1. The molecule has 1 aliphatic carbocycles. The van der Waals surface area contributed by atoms with Crippen molar-refractivity contribution in [1.29, 1.82) is 0 Å². The lowest BCUT2D eigenvalue weighted by Crippen LogP contribution is -2.59. The van der Waals surface area contributed by atoms with Gasteiger partial charge in [-0.05, 0) is 31.6 Å². The minimum absolute atomic E-state index is 0.112. The largest absolute Gasteiger partial charge is 0.355 e. The molecule has 18 heavy (non-hydrogen) atoms.